The van der Waals surface area contributed by atoms with Crippen molar-refractivity contribution in [1.82, 2.24) is 4.90 Å². The lowest BCUT2D eigenvalue weighted by molar-refractivity contribution is 0.105. The monoisotopic (exact) mass is 569 g/mol. The summed E-state index contributed by atoms with van der Waals surface area (Å²) >= 11 is 0. The van der Waals surface area contributed by atoms with Crippen molar-refractivity contribution in [2.45, 2.75) is 24.2 Å². The van der Waals surface area contributed by atoms with E-state index in [1.807, 2.05) is 0 Å². The molecule has 0 saturated carbocycles. The van der Waals surface area contributed by atoms with E-state index in [0.717, 1.165) is 19.6 Å². The summed E-state index contributed by atoms with van der Waals surface area (Å²) in [7, 11) is -7.36. The zero-order valence-electron chi connectivity index (χ0n) is 20.9. The fourth-order valence-electron chi connectivity index (χ4n) is 5.15. The number of Topliss-reactive ketones (excluding diaryl/α,β-unsaturated/α-hetero) is 1. The van der Waals surface area contributed by atoms with Gasteiger partial charge in [-0.1, -0.05) is 17.0 Å². The minimum absolute atomic E-state index is 0.00313. The first-order valence-electron chi connectivity index (χ1n) is 12.6. The molecule has 204 valence electrons. The number of hydrogen-bond acceptors (Lipinski definition) is 9. The number of nitrogens with zero attached hydrogens (tertiary/aromatic N) is 1. The van der Waals surface area contributed by atoms with Crippen molar-refractivity contribution in [2.24, 2.45) is 0 Å². The Labute approximate surface area is 228 Å². The first-order chi connectivity index (χ1) is 18.8. The van der Waals surface area contributed by atoms with Crippen LogP contribution in [0.4, 0.5) is 0 Å². The Hall–Kier alpha value is -3.35. The number of carbonyl (C=O) groups excluding carboxylic acids is 1. The normalized spacial score (nSPS) is 20.3. The van der Waals surface area contributed by atoms with Gasteiger partial charge >= 0.3 is 10.4 Å². The number of phenolic OH excluding ortho intramolecular Hbond substituents is 2. The number of allylic oxidation sites excluding steroid dienone is 1. The molecule has 1 spiro atoms. The summed E-state index contributed by atoms with van der Waals surface area (Å²) in [6, 6.07) is 17.1. The van der Waals surface area contributed by atoms with Crippen LogP contribution in [0.5, 0.6) is 17.2 Å². The van der Waals surface area contributed by atoms with Gasteiger partial charge in [-0.25, -0.2) is 0 Å². The van der Waals surface area contributed by atoms with Gasteiger partial charge in [-0.3, -0.25) is 9.69 Å². The second kappa shape index (κ2) is 10.00. The van der Waals surface area contributed by atoms with E-state index in [-0.39, 0.29) is 32.7 Å². The lowest BCUT2D eigenvalue weighted by atomic mass is 9.94. The van der Waals surface area contributed by atoms with Crippen molar-refractivity contribution in [1.29, 1.82) is 0 Å². The molecule has 3 aliphatic heterocycles. The summed E-state index contributed by atoms with van der Waals surface area (Å²) in [5, 5.41) is 20.0. The molecule has 0 bridgehead atoms. The van der Waals surface area contributed by atoms with Crippen molar-refractivity contribution in [3.63, 3.8) is 0 Å². The Kier molecular flexibility index (Phi) is 6.64. The molecular weight excluding hydrogens is 542 g/mol. The SMILES string of the molecule is O=C(C1=C(c2ccc(O)cc2)S2(OS(=O)(=O)O2)c2cc(O)ccc21)c1ccc(OCCN2CCCCC2)cc1. The van der Waals surface area contributed by atoms with Gasteiger partial charge in [-0.2, -0.15) is 8.42 Å². The van der Waals surface area contributed by atoms with E-state index in [4.69, 9.17) is 12.0 Å². The van der Waals surface area contributed by atoms with E-state index >= 15 is 0 Å². The second-order valence-electron chi connectivity index (χ2n) is 9.58. The Balaban J connectivity index is 1.35. The maximum atomic E-state index is 14.0. The molecule has 2 saturated heterocycles. The fraction of sp³-hybridized carbons (Fsp3) is 0.250. The van der Waals surface area contributed by atoms with Crippen LogP contribution in [-0.2, 0) is 17.7 Å². The number of benzene rings is 3. The van der Waals surface area contributed by atoms with Crippen molar-refractivity contribution in [3.05, 3.63) is 83.4 Å². The van der Waals surface area contributed by atoms with E-state index in [1.54, 1.807) is 42.5 Å². The number of aromatic hydroxyl groups is 2. The van der Waals surface area contributed by atoms with Crippen LogP contribution in [0.1, 0.15) is 40.7 Å². The van der Waals surface area contributed by atoms with E-state index in [2.05, 4.69) is 4.90 Å². The summed E-state index contributed by atoms with van der Waals surface area (Å²) in [6.45, 7) is 3.58. The van der Waals surface area contributed by atoms with Crippen molar-refractivity contribution in [2.75, 3.05) is 26.2 Å². The quantitative estimate of drug-likeness (QED) is 0.378. The zero-order valence-corrected chi connectivity index (χ0v) is 22.5. The molecule has 0 aromatic heterocycles. The fourth-order valence-corrected chi connectivity index (χ4v) is 10.1. The third-order valence-corrected chi connectivity index (χ3v) is 11.7. The molecule has 9 nitrogen and oxygen atoms in total. The highest BCUT2D eigenvalue weighted by molar-refractivity contribution is 8.43. The number of phenols is 2. The molecule has 0 unspecified atom stereocenters. The van der Waals surface area contributed by atoms with Crippen LogP contribution < -0.4 is 4.74 Å². The summed E-state index contributed by atoms with van der Waals surface area (Å²) < 4.78 is 40.9. The van der Waals surface area contributed by atoms with Crippen molar-refractivity contribution >= 4 is 37.3 Å². The lowest BCUT2D eigenvalue weighted by Gasteiger charge is -2.46. The van der Waals surface area contributed by atoms with E-state index in [9.17, 15) is 23.4 Å². The minimum Gasteiger partial charge on any atom is -0.508 e. The van der Waals surface area contributed by atoms with Gasteiger partial charge in [0.1, 0.15) is 23.9 Å². The summed E-state index contributed by atoms with van der Waals surface area (Å²) in [4.78, 5) is 16.9. The predicted molar refractivity (Wildman–Crippen MR) is 147 cm³/mol. The van der Waals surface area contributed by atoms with Crippen LogP contribution in [0, 0.1) is 0 Å². The number of ether oxygens (including phenoxy) is 1. The van der Waals surface area contributed by atoms with Gasteiger partial charge in [0.2, 0.25) is 0 Å². The van der Waals surface area contributed by atoms with Gasteiger partial charge in [0.25, 0.3) is 0 Å². The van der Waals surface area contributed by atoms with Gasteiger partial charge in [0.15, 0.2) is 5.78 Å². The van der Waals surface area contributed by atoms with Crippen LogP contribution >= 0.6 is 10.6 Å². The second-order valence-corrected chi connectivity index (χ2v) is 13.3. The highest BCUT2D eigenvalue weighted by Crippen LogP contribution is 2.81. The van der Waals surface area contributed by atoms with Crippen LogP contribution in [0.15, 0.2) is 71.6 Å². The van der Waals surface area contributed by atoms with E-state index < -0.39 is 21.0 Å². The predicted octanol–water partition coefficient (Wildman–Crippen LogP) is 5.01. The minimum atomic E-state index is -4.27. The van der Waals surface area contributed by atoms with Crippen LogP contribution in [-0.4, -0.2) is 55.6 Å². The molecule has 0 radical (unpaired) electrons. The number of carbonyl (C=O) groups is 1. The smallest absolute Gasteiger partial charge is 0.438 e. The molecule has 2 fully saturated rings. The summed E-state index contributed by atoms with van der Waals surface area (Å²) in [5.41, 5.74) is 1.43. The topological polar surface area (TPSA) is 123 Å². The maximum absolute atomic E-state index is 14.0. The Morgan fingerprint density at radius 3 is 2.21 bits per heavy atom. The van der Waals surface area contributed by atoms with Crippen LogP contribution in [0.3, 0.4) is 0 Å². The molecule has 0 aliphatic carbocycles. The highest BCUT2D eigenvalue weighted by Gasteiger charge is 2.56. The molecule has 39 heavy (non-hydrogen) atoms. The molecule has 3 aromatic rings. The first kappa shape index (κ1) is 25.9. The molecule has 0 atom stereocenters. The molecule has 0 amide bonds. The number of piperidine rings is 1. The molecule has 2 N–H and O–H groups in total. The molecular formula is C28H27NO8S2. The van der Waals surface area contributed by atoms with Crippen LogP contribution in [0.25, 0.3) is 10.5 Å². The largest absolute Gasteiger partial charge is 0.508 e. The molecule has 6 rings (SSSR count). The van der Waals surface area contributed by atoms with E-state index in [0.29, 0.717) is 29.0 Å². The van der Waals surface area contributed by atoms with Gasteiger partial charge < -0.3 is 14.9 Å². The third kappa shape index (κ3) is 4.81. The zero-order chi connectivity index (χ0) is 27.2. The number of hydrogen-bond donors (Lipinski definition) is 2. The lowest BCUT2D eigenvalue weighted by Crippen LogP contribution is -2.33. The number of likely N-dealkylation sites (tertiary alicyclic amines) is 1. The number of ketones is 1. The maximum Gasteiger partial charge on any atom is 0.438 e. The van der Waals surface area contributed by atoms with Gasteiger partial charge in [-0.05, 0) is 92.2 Å². The highest BCUT2D eigenvalue weighted by atomic mass is 32.4. The Morgan fingerprint density at radius 2 is 1.54 bits per heavy atom. The van der Waals surface area contributed by atoms with Crippen molar-refractivity contribution < 1.29 is 35.4 Å². The third-order valence-electron chi connectivity index (χ3n) is 6.98. The van der Waals surface area contributed by atoms with Gasteiger partial charge in [-0.15, -0.1) is 7.26 Å². The standard InChI is InChI=1S/C28H27NO8S2/c30-21-8-4-20(5-9-21)28-26(24-13-10-22(31)18-25(24)38(28)36-39(33,34)37-38)27(32)19-6-11-23(12-7-19)35-17-16-29-14-2-1-3-15-29/h4-13,18,30-31H,1-3,14-17H2. The molecule has 11 heteroatoms. The first-order valence-corrected chi connectivity index (χ1v) is 15.4. The number of rotatable bonds is 7. The summed E-state index contributed by atoms with van der Waals surface area (Å²) in [5.74, 6) is 0.156. The van der Waals surface area contributed by atoms with Gasteiger partial charge in [0.05, 0.1) is 15.4 Å². The Morgan fingerprint density at radius 1 is 0.872 bits per heavy atom. The van der Waals surface area contributed by atoms with Crippen LogP contribution in [0.2, 0.25) is 0 Å². The molecule has 3 heterocycles. The molecule has 3 aromatic carbocycles. The number of fused-ring (bicyclic) bond motifs is 2. The Bertz CT molecular complexity index is 1550. The molecule has 3 aliphatic rings. The average molecular weight is 570 g/mol. The van der Waals surface area contributed by atoms with Gasteiger partial charge in [0, 0.05) is 23.7 Å². The summed E-state index contributed by atoms with van der Waals surface area (Å²) in [6.07, 6.45) is 3.71. The van der Waals surface area contributed by atoms with Crippen molar-refractivity contribution in [3.8, 4) is 17.2 Å². The average Bonchev–Trinajstić information content (AvgIpc) is 3.19. The van der Waals surface area contributed by atoms with E-state index in [1.165, 1.54) is 43.5 Å².